The van der Waals surface area contributed by atoms with Crippen molar-refractivity contribution in [2.75, 3.05) is 30.8 Å². The molecule has 2 aromatic rings. The quantitative estimate of drug-likeness (QED) is 0.502. The van der Waals surface area contributed by atoms with E-state index in [2.05, 4.69) is 10.0 Å². The largest absolute Gasteiger partial charge is 0.382 e. The number of anilines is 1. The molecule has 0 aliphatic rings. The highest BCUT2D eigenvalue weighted by Crippen LogP contribution is 2.16. The highest BCUT2D eigenvalue weighted by atomic mass is 32.2. The maximum atomic E-state index is 12.3. The molecule has 0 radical (unpaired) electrons. The first-order valence-corrected chi connectivity index (χ1v) is 12.5. The molecule has 2 rings (SSSR count). The Hall–Kier alpha value is -2.27. The normalized spacial score (nSPS) is 11.9. The monoisotopic (exact) mass is 454 g/mol. The molecule has 0 unspecified atom stereocenters. The predicted molar refractivity (Wildman–Crippen MR) is 115 cm³/mol. The lowest BCUT2D eigenvalue weighted by Crippen LogP contribution is -2.26. The Labute approximate surface area is 177 Å². The molecular formula is C20H26N2O6S2. The van der Waals surface area contributed by atoms with E-state index in [1.54, 1.807) is 12.1 Å². The number of sulfone groups is 1. The van der Waals surface area contributed by atoms with Crippen LogP contribution in [-0.2, 0) is 29.4 Å². The van der Waals surface area contributed by atoms with E-state index in [-0.39, 0.29) is 16.3 Å². The number of hydrogen-bond acceptors (Lipinski definition) is 6. The van der Waals surface area contributed by atoms with Gasteiger partial charge in [-0.25, -0.2) is 21.6 Å². The van der Waals surface area contributed by atoms with Crippen LogP contribution < -0.4 is 10.0 Å². The summed E-state index contributed by atoms with van der Waals surface area (Å²) < 4.78 is 56.8. The number of carbonyl (C=O) groups is 1. The number of rotatable bonds is 11. The summed E-state index contributed by atoms with van der Waals surface area (Å²) in [6, 6.07) is 11.7. The van der Waals surface area contributed by atoms with Gasteiger partial charge in [0.15, 0.2) is 9.84 Å². The molecule has 0 aliphatic carbocycles. The number of nitrogens with one attached hydrogen (secondary N) is 2. The second kappa shape index (κ2) is 10.7. The fourth-order valence-corrected chi connectivity index (χ4v) is 4.73. The average molecular weight is 455 g/mol. The number of ether oxygens (including phenoxy) is 1. The molecule has 2 aromatic carbocycles. The maximum Gasteiger partial charge on any atom is 0.240 e. The first-order chi connectivity index (χ1) is 14.1. The number of aryl methyl sites for hydroxylation is 1. The summed E-state index contributed by atoms with van der Waals surface area (Å²) in [4.78, 5) is 12.3. The number of benzene rings is 2. The topological polar surface area (TPSA) is 119 Å². The third-order valence-electron chi connectivity index (χ3n) is 4.11. The zero-order valence-corrected chi connectivity index (χ0v) is 18.6. The summed E-state index contributed by atoms with van der Waals surface area (Å²) in [6.45, 7) is 4.99. The molecule has 0 aliphatic heterocycles. The van der Waals surface area contributed by atoms with E-state index in [9.17, 15) is 21.6 Å². The van der Waals surface area contributed by atoms with Crippen LogP contribution in [0.1, 0.15) is 18.9 Å². The SMILES string of the molecule is CCOCCCNS(=O)(=O)c1ccc(NC(=O)CS(=O)(=O)c2ccc(C)cc2)cc1. The van der Waals surface area contributed by atoms with Crippen LogP contribution in [0.2, 0.25) is 0 Å². The average Bonchev–Trinajstić information content (AvgIpc) is 2.68. The van der Waals surface area contributed by atoms with Crippen LogP contribution in [0.4, 0.5) is 5.69 Å². The van der Waals surface area contributed by atoms with Crippen LogP contribution in [0.25, 0.3) is 0 Å². The van der Waals surface area contributed by atoms with Gasteiger partial charge in [0.2, 0.25) is 15.9 Å². The Morgan fingerprint density at radius 1 is 0.933 bits per heavy atom. The van der Waals surface area contributed by atoms with Crippen LogP contribution in [0.3, 0.4) is 0 Å². The Bertz CT molecular complexity index is 1050. The molecule has 0 fully saturated rings. The molecule has 164 valence electrons. The zero-order valence-electron chi connectivity index (χ0n) is 16.9. The number of sulfonamides is 1. The Morgan fingerprint density at radius 2 is 1.53 bits per heavy atom. The molecule has 0 atom stereocenters. The van der Waals surface area contributed by atoms with Gasteiger partial charge in [-0.15, -0.1) is 0 Å². The summed E-state index contributed by atoms with van der Waals surface area (Å²) >= 11 is 0. The molecule has 8 nitrogen and oxygen atoms in total. The summed E-state index contributed by atoms with van der Waals surface area (Å²) in [7, 11) is -7.45. The molecule has 30 heavy (non-hydrogen) atoms. The lowest BCUT2D eigenvalue weighted by molar-refractivity contribution is -0.113. The van der Waals surface area contributed by atoms with Crippen LogP contribution in [0, 0.1) is 6.92 Å². The van der Waals surface area contributed by atoms with Crippen LogP contribution in [0.5, 0.6) is 0 Å². The lowest BCUT2D eigenvalue weighted by Gasteiger charge is -2.09. The molecule has 0 saturated carbocycles. The molecule has 0 saturated heterocycles. The Balaban J connectivity index is 1.94. The summed E-state index contributed by atoms with van der Waals surface area (Å²) in [5.74, 6) is -1.42. The highest BCUT2D eigenvalue weighted by Gasteiger charge is 2.20. The van der Waals surface area contributed by atoms with Gasteiger partial charge in [0.1, 0.15) is 5.75 Å². The fourth-order valence-electron chi connectivity index (χ4n) is 2.52. The van der Waals surface area contributed by atoms with E-state index in [1.807, 2.05) is 13.8 Å². The van der Waals surface area contributed by atoms with Crippen molar-refractivity contribution in [3.8, 4) is 0 Å². The second-order valence-electron chi connectivity index (χ2n) is 6.59. The number of carbonyl (C=O) groups excluding carboxylic acids is 1. The summed E-state index contributed by atoms with van der Waals surface area (Å²) in [6.07, 6.45) is 0.552. The molecule has 0 aromatic heterocycles. The highest BCUT2D eigenvalue weighted by molar-refractivity contribution is 7.92. The van der Waals surface area contributed by atoms with Crippen LogP contribution in [-0.4, -0.2) is 48.3 Å². The Kier molecular flexibility index (Phi) is 8.54. The van der Waals surface area contributed by atoms with Gasteiger partial charge in [-0.05, 0) is 56.7 Å². The van der Waals surface area contributed by atoms with Crippen LogP contribution in [0.15, 0.2) is 58.3 Å². The van der Waals surface area contributed by atoms with Gasteiger partial charge >= 0.3 is 0 Å². The van der Waals surface area contributed by atoms with Gasteiger partial charge in [-0.3, -0.25) is 4.79 Å². The molecule has 1 amide bonds. The smallest absolute Gasteiger partial charge is 0.240 e. The Morgan fingerprint density at radius 3 is 2.13 bits per heavy atom. The van der Waals surface area contributed by atoms with Crippen molar-refractivity contribution in [1.82, 2.24) is 4.72 Å². The minimum absolute atomic E-state index is 0.0455. The minimum atomic E-state index is -3.77. The van der Waals surface area contributed by atoms with Gasteiger partial charge in [-0.1, -0.05) is 17.7 Å². The molecule has 2 N–H and O–H groups in total. The zero-order chi connectivity index (χ0) is 22.2. The third kappa shape index (κ3) is 7.21. The van der Waals surface area contributed by atoms with Gasteiger partial charge in [0, 0.05) is 25.4 Å². The standard InChI is InChI=1S/C20H26N2O6S2/c1-3-28-14-4-13-21-30(26,27)19-11-7-17(8-12-19)22-20(23)15-29(24,25)18-9-5-16(2)6-10-18/h5-12,21H,3-4,13-15H2,1-2H3,(H,22,23). The van der Waals surface area contributed by atoms with Crippen molar-refractivity contribution in [2.45, 2.75) is 30.1 Å². The first-order valence-electron chi connectivity index (χ1n) is 9.41. The van der Waals surface area contributed by atoms with Gasteiger partial charge < -0.3 is 10.1 Å². The van der Waals surface area contributed by atoms with Crippen molar-refractivity contribution < 1.29 is 26.4 Å². The van der Waals surface area contributed by atoms with Crippen molar-refractivity contribution >= 4 is 31.5 Å². The molecule has 0 heterocycles. The first kappa shape index (κ1) is 24.0. The summed E-state index contributed by atoms with van der Waals surface area (Å²) in [5, 5.41) is 2.47. The van der Waals surface area contributed by atoms with E-state index in [1.165, 1.54) is 36.4 Å². The summed E-state index contributed by atoms with van der Waals surface area (Å²) in [5.41, 5.74) is 1.21. The minimum Gasteiger partial charge on any atom is -0.382 e. The van der Waals surface area contributed by atoms with Gasteiger partial charge in [-0.2, -0.15) is 0 Å². The molecule has 0 bridgehead atoms. The van der Waals surface area contributed by atoms with Crippen LogP contribution >= 0.6 is 0 Å². The number of hydrogen-bond donors (Lipinski definition) is 2. The molecular weight excluding hydrogens is 428 g/mol. The predicted octanol–water partition coefficient (Wildman–Crippen LogP) is 2.11. The molecule has 10 heteroatoms. The second-order valence-corrected chi connectivity index (χ2v) is 10.3. The number of amides is 1. The van der Waals surface area contributed by atoms with Crippen molar-refractivity contribution in [3.05, 3.63) is 54.1 Å². The molecule has 0 spiro atoms. The van der Waals surface area contributed by atoms with E-state index in [0.29, 0.717) is 25.3 Å². The van der Waals surface area contributed by atoms with E-state index >= 15 is 0 Å². The van der Waals surface area contributed by atoms with E-state index in [0.717, 1.165) is 5.56 Å². The van der Waals surface area contributed by atoms with Gasteiger partial charge in [0.05, 0.1) is 9.79 Å². The van der Waals surface area contributed by atoms with E-state index in [4.69, 9.17) is 4.74 Å². The van der Waals surface area contributed by atoms with E-state index < -0.39 is 31.5 Å². The van der Waals surface area contributed by atoms with Crippen molar-refractivity contribution in [3.63, 3.8) is 0 Å². The maximum absolute atomic E-state index is 12.3. The fraction of sp³-hybridized carbons (Fsp3) is 0.350. The van der Waals surface area contributed by atoms with Crippen molar-refractivity contribution in [1.29, 1.82) is 0 Å². The van der Waals surface area contributed by atoms with Crippen molar-refractivity contribution in [2.24, 2.45) is 0 Å². The van der Waals surface area contributed by atoms with Gasteiger partial charge in [0.25, 0.3) is 0 Å². The third-order valence-corrected chi connectivity index (χ3v) is 7.22. The lowest BCUT2D eigenvalue weighted by atomic mass is 10.2.